The van der Waals surface area contributed by atoms with Crippen molar-refractivity contribution in [3.63, 3.8) is 0 Å². The summed E-state index contributed by atoms with van der Waals surface area (Å²) in [4.78, 5) is 6.76. The molecule has 0 saturated carbocycles. The number of hydrogen-bond acceptors (Lipinski definition) is 3. The van der Waals surface area contributed by atoms with Crippen molar-refractivity contribution >= 4 is 5.82 Å². The van der Waals surface area contributed by atoms with Crippen molar-refractivity contribution in [2.75, 3.05) is 18.9 Å². The van der Waals surface area contributed by atoms with Crippen LogP contribution in [-0.4, -0.2) is 23.5 Å². The van der Waals surface area contributed by atoms with Gasteiger partial charge in [-0.15, -0.1) is 0 Å². The average molecular weight is 255 g/mol. The standard InChI is InChI=1S/C16H21N3/c1-3-19(12-14-7-5-4-6-8-14)13-15-9-10-16(17-2)18-11-15/h4-11H,3,12-13H2,1-2H3,(H,17,18). The fourth-order valence-electron chi connectivity index (χ4n) is 2.05. The molecule has 0 amide bonds. The van der Waals surface area contributed by atoms with Crippen molar-refractivity contribution < 1.29 is 0 Å². The number of nitrogens with zero attached hydrogens (tertiary/aromatic N) is 2. The topological polar surface area (TPSA) is 28.2 Å². The van der Waals surface area contributed by atoms with E-state index >= 15 is 0 Å². The molecule has 0 bridgehead atoms. The summed E-state index contributed by atoms with van der Waals surface area (Å²) in [6, 6.07) is 14.7. The first-order valence-electron chi connectivity index (χ1n) is 6.70. The first kappa shape index (κ1) is 13.6. The number of anilines is 1. The average Bonchev–Trinajstić information content (AvgIpc) is 2.48. The number of nitrogens with one attached hydrogen (secondary N) is 1. The third-order valence-electron chi connectivity index (χ3n) is 3.18. The first-order valence-corrected chi connectivity index (χ1v) is 6.70. The van der Waals surface area contributed by atoms with Crippen LogP contribution in [0.15, 0.2) is 48.7 Å². The number of benzene rings is 1. The Morgan fingerprint density at radius 3 is 2.32 bits per heavy atom. The van der Waals surface area contributed by atoms with Crippen LogP contribution < -0.4 is 5.32 Å². The van der Waals surface area contributed by atoms with Crippen molar-refractivity contribution in [2.45, 2.75) is 20.0 Å². The van der Waals surface area contributed by atoms with E-state index in [1.807, 2.05) is 19.3 Å². The van der Waals surface area contributed by atoms with Crippen LogP contribution in [0.5, 0.6) is 0 Å². The van der Waals surface area contributed by atoms with Gasteiger partial charge in [-0.1, -0.05) is 43.3 Å². The molecule has 0 radical (unpaired) electrons. The van der Waals surface area contributed by atoms with E-state index in [-0.39, 0.29) is 0 Å². The first-order chi connectivity index (χ1) is 9.31. The number of hydrogen-bond donors (Lipinski definition) is 1. The quantitative estimate of drug-likeness (QED) is 0.859. The molecular formula is C16H21N3. The van der Waals surface area contributed by atoms with E-state index in [1.165, 1.54) is 11.1 Å². The van der Waals surface area contributed by atoms with E-state index in [9.17, 15) is 0 Å². The molecule has 1 N–H and O–H groups in total. The molecule has 19 heavy (non-hydrogen) atoms. The molecule has 1 aromatic heterocycles. The molecule has 0 spiro atoms. The molecule has 0 atom stereocenters. The summed E-state index contributed by atoms with van der Waals surface area (Å²) in [7, 11) is 1.88. The van der Waals surface area contributed by atoms with E-state index in [1.54, 1.807) is 0 Å². The summed E-state index contributed by atoms with van der Waals surface area (Å²) >= 11 is 0. The largest absolute Gasteiger partial charge is 0.373 e. The fourth-order valence-corrected chi connectivity index (χ4v) is 2.05. The van der Waals surface area contributed by atoms with Gasteiger partial charge in [0, 0.05) is 26.3 Å². The smallest absolute Gasteiger partial charge is 0.125 e. The molecule has 1 heterocycles. The second-order valence-corrected chi connectivity index (χ2v) is 4.59. The highest BCUT2D eigenvalue weighted by Crippen LogP contribution is 2.10. The van der Waals surface area contributed by atoms with Crippen LogP contribution in [0.1, 0.15) is 18.1 Å². The van der Waals surface area contributed by atoms with Gasteiger partial charge in [0.25, 0.3) is 0 Å². The summed E-state index contributed by atoms with van der Waals surface area (Å²) in [5, 5.41) is 3.04. The zero-order chi connectivity index (χ0) is 13.5. The molecule has 2 rings (SSSR count). The third-order valence-corrected chi connectivity index (χ3v) is 3.18. The van der Waals surface area contributed by atoms with E-state index in [0.29, 0.717) is 0 Å². The van der Waals surface area contributed by atoms with E-state index in [2.05, 4.69) is 58.5 Å². The van der Waals surface area contributed by atoms with Gasteiger partial charge in [-0.3, -0.25) is 4.90 Å². The van der Waals surface area contributed by atoms with Crippen molar-refractivity contribution in [3.8, 4) is 0 Å². The summed E-state index contributed by atoms with van der Waals surface area (Å²) in [6.07, 6.45) is 1.94. The molecule has 0 aliphatic carbocycles. The van der Waals surface area contributed by atoms with Crippen LogP contribution >= 0.6 is 0 Å². The Balaban J connectivity index is 1.98. The molecule has 2 aromatic rings. The van der Waals surface area contributed by atoms with Gasteiger partial charge >= 0.3 is 0 Å². The van der Waals surface area contributed by atoms with Gasteiger partial charge in [0.2, 0.25) is 0 Å². The molecule has 3 nitrogen and oxygen atoms in total. The minimum atomic E-state index is 0.912. The van der Waals surface area contributed by atoms with Gasteiger partial charge in [0.05, 0.1) is 0 Å². The van der Waals surface area contributed by atoms with E-state index in [0.717, 1.165) is 25.5 Å². The summed E-state index contributed by atoms with van der Waals surface area (Å²) in [6.45, 7) is 5.13. The van der Waals surface area contributed by atoms with Crippen LogP contribution in [0.4, 0.5) is 5.82 Å². The number of rotatable bonds is 6. The lowest BCUT2D eigenvalue weighted by molar-refractivity contribution is 0.271. The predicted molar refractivity (Wildman–Crippen MR) is 80.0 cm³/mol. The molecule has 0 fully saturated rings. The minimum Gasteiger partial charge on any atom is -0.373 e. The summed E-state index contributed by atoms with van der Waals surface area (Å²) in [5.74, 6) is 0.912. The van der Waals surface area contributed by atoms with Crippen molar-refractivity contribution in [1.82, 2.24) is 9.88 Å². The molecule has 1 aromatic carbocycles. The van der Waals surface area contributed by atoms with Gasteiger partial charge in [-0.2, -0.15) is 0 Å². The lowest BCUT2D eigenvalue weighted by Crippen LogP contribution is -2.22. The van der Waals surface area contributed by atoms with Crippen LogP contribution in [0.25, 0.3) is 0 Å². The minimum absolute atomic E-state index is 0.912. The monoisotopic (exact) mass is 255 g/mol. The fraction of sp³-hybridized carbons (Fsp3) is 0.312. The Bertz CT molecular complexity index is 479. The highest BCUT2D eigenvalue weighted by atomic mass is 15.1. The van der Waals surface area contributed by atoms with Gasteiger partial charge in [-0.05, 0) is 23.7 Å². The molecule has 0 aliphatic rings. The van der Waals surface area contributed by atoms with Gasteiger partial charge in [0.15, 0.2) is 0 Å². The van der Waals surface area contributed by atoms with Gasteiger partial charge in [-0.25, -0.2) is 4.98 Å². The Hall–Kier alpha value is -1.87. The highest BCUT2D eigenvalue weighted by molar-refractivity contribution is 5.34. The Morgan fingerprint density at radius 1 is 1.00 bits per heavy atom. The second kappa shape index (κ2) is 6.90. The van der Waals surface area contributed by atoms with E-state index < -0.39 is 0 Å². The summed E-state index contributed by atoms with van der Waals surface area (Å²) < 4.78 is 0. The zero-order valence-electron chi connectivity index (χ0n) is 11.6. The highest BCUT2D eigenvalue weighted by Gasteiger charge is 2.05. The van der Waals surface area contributed by atoms with Crippen LogP contribution in [-0.2, 0) is 13.1 Å². The van der Waals surface area contributed by atoms with Crippen molar-refractivity contribution in [3.05, 3.63) is 59.8 Å². The molecule has 100 valence electrons. The molecule has 3 heteroatoms. The van der Waals surface area contributed by atoms with Crippen LogP contribution in [0, 0.1) is 0 Å². The number of pyridine rings is 1. The van der Waals surface area contributed by atoms with Crippen molar-refractivity contribution in [1.29, 1.82) is 0 Å². The molecule has 0 aliphatic heterocycles. The zero-order valence-corrected chi connectivity index (χ0v) is 11.6. The Labute approximate surface area is 115 Å². The Morgan fingerprint density at radius 2 is 1.74 bits per heavy atom. The van der Waals surface area contributed by atoms with E-state index in [4.69, 9.17) is 0 Å². The molecular weight excluding hydrogens is 234 g/mol. The molecule has 0 saturated heterocycles. The summed E-state index contributed by atoms with van der Waals surface area (Å²) in [5.41, 5.74) is 2.60. The lowest BCUT2D eigenvalue weighted by Gasteiger charge is -2.20. The van der Waals surface area contributed by atoms with Crippen LogP contribution in [0.2, 0.25) is 0 Å². The van der Waals surface area contributed by atoms with Crippen molar-refractivity contribution in [2.24, 2.45) is 0 Å². The maximum absolute atomic E-state index is 4.35. The Kier molecular flexibility index (Phi) is 4.93. The second-order valence-electron chi connectivity index (χ2n) is 4.59. The maximum atomic E-state index is 4.35. The maximum Gasteiger partial charge on any atom is 0.125 e. The normalized spacial score (nSPS) is 10.7. The SMILES string of the molecule is CCN(Cc1ccccc1)Cc1ccc(NC)nc1. The van der Waals surface area contributed by atoms with Gasteiger partial charge in [0.1, 0.15) is 5.82 Å². The number of aromatic nitrogens is 1. The lowest BCUT2D eigenvalue weighted by atomic mass is 10.2. The third kappa shape index (κ3) is 4.07. The van der Waals surface area contributed by atoms with Gasteiger partial charge < -0.3 is 5.32 Å². The predicted octanol–water partition coefficient (Wildman–Crippen LogP) is 3.15. The molecule has 0 unspecified atom stereocenters. The van der Waals surface area contributed by atoms with Crippen LogP contribution in [0.3, 0.4) is 0 Å².